The maximum atomic E-state index is 11.2. The monoisotopic (exact) mass is 204 g/mol. The average Bonchev–Trinajstić information content (AvgIpc) is 2.59. The van der Waals surface area contributed by atoms with Gasteiger partial charge in [-0.2, -0.15) is 0 Å². The van der Waals surface area contributed by atoms with Crippen LogP contribution in [0.2, 0.25) is 0 Å². The number of rotatable bonds is 1. The van der Waals surface area contributed by atoms with Gasteiger partial charge in [-0.3, -0.25) is 4.79 Å². The number of hydrogen-bond donors (Lipinski definition) is 0. The molecule has 0 fully saturated rings. The Bertz CT molecular complexity index is 399. The van der Waals surface area contributed by atoms with Crippen LogP contribution in [0.25, 0.3) is 0 Å². The lowest BCUT2D eigenvalue weighted by Gasteiger charge is -2.13. The predicted molar refractivity (Wildman–Crippen MR) is 60.7 cm³/mol. The van der Waals surface area contributed by atoms with Crippen LogP contribution in [0.1, 0.15) is 18.1 Å². The molecule has 0 bridgehead atoms. The zero-order valence-electron chi connectivity index (χ0n) is 9.45. The maximum absolute atomic E-state index is 11.2. The Morgan fingerprint density at radius 3 is 2.53 bits per heavy atom. The van der Waals surface area contributed by atoms with E-state index >= 15 is 0 Å². The summed E-state index contributed by atoms with van der Waals surface area (Å²) in [7, 11) is 4.05. The number of amides is 1. The lowest BCUT2D eigenvalue weighted by atomic mass is 10.1. The number of carbonyl (C=O) groups excluding carboxylic acids is 1. The van der Waals surface area contributed by atoms with Gasteiger partial charge in [-0.05, 0) is 23.3 Å². The average molecular weight is 204 g/mol. The van der Waals surface area contributed by atoms with E-state index in [0.717, 1.165) is 13.1 Å². The first-order valence-corrected chi connectivity index (χ1v) is 5.12. The van der Waals surface area contributed by atoms with Gasteiger partial charge in [0, 0.05) is 39.8 Å². The smallest absolute Gasteiger partial charge is 0.220 e. The Kier molecular flexibility index (Phi) is 2.39. The van der Waals surface area contributed by atoms with E-state index in [1.165, 1.54) is 16.8 Å². The first kappa shape index (κ1) is 10.0. The quantitative estimate of drug-likeness (QED) is 0.694. The molecule has 0 saturated heterocycles. The lowest BCUT2D eigenvalue weighted by Crippen LogP contribution is -2.21. The topological polar surface area (TPSA) is 23.6 Å². The molecule has 1 aliphatic rings. The lowest BCUT2D eigenvalue weighted by molar-refractivity contribution is -0.129. The van der Waals surface area contributed by atoms with Gasteiger partial charge in [-0.25, -0.2) is 0 Å². The molecule has 1 amide bonds. The number of benzene rings is 1. The molecule has 1 aromatic carbocycles. The standard InChI is InChI=1S/C12H16N2O/c1-9(15)14-7-10-4-5-12(13(2)3)6-11(10)8-14/h4-6H,7-8H2,1-3H3. The van der Waals surface area contributed by atoms with Crippen molar-refractivity contribution in [3.8, 4) is 0 Å². The first-order chi connectivity index (χ1) is 7.08. The molecule has 3 nitrogen and oxygen atoms in total. The fraction of sp³-hybridized carbons (Fsp3) is 0.417. The number of fused-ring (bicyclic) bond motifs is 1. The first-order valence-electron chi connectivity index (χ1n) is 5.12. The summed E-state index contributed by atoms with van der Waals surface area (Å²) in [6.45, 7) is 3.14. The van der Waals surface area contributed by atoms with Crippen LogP contribution in [-0.2, 0) is 17.9 Å². The van der Waals surface area contributed by atoms with Crippen LogP contribution in [0.4, 0.5) is 5.69 Å². The highest BCUT2D eigenvalue weighted by Crippen LogP contribution is 2.26. The molecule has 3 heteroatoms. The Morgan fingerprint density at radius 2 is 1.93 bits per heavy atom. The van der Waals surface area contributed by atoms with E-state index in [0.29, 0.717) is 0 Å². The van der Waals surface area contributed by atoms with Gasteiger partial charge in [0.1, 0.15) is 0 Å². The molecule has 0 unspecified atom stereocenters. The molecule has 0 N–H and O–H groups in total. The molecular weight excluding hydrogens is 188 g/mol. The number of carbonyl (C=O) groups is 1. The number of anilines is 1. The highest BCUT2D eigenvalue weighted by atomic mass is 16.2. The van der Waals surface area contributed by atoms with Gasteiger partial charge in [0.2, 0.25) is 5.91 Å². The van der Waals surface area contributed by atoms with E-state index in [9.17, 15) is 4.79 Å². The van der Waals surface area contributed by atoms with Crippen molar-refractivity contribution in [3.05, 3.63) is 29.3 Å². The molecule has 0 spiro atoms. The summed E-state index contributed by atoms with van der Waals surface area (Å²) >= 11 is 0. The van der Waals surface area contributed by atoms with E-state index in [1.54, 1.807) is 6.92 Å². The molecule has 0 aromatic heterocycles. The number of nitrogens with zero attached hydrogens (tertiary/aromatic N) is 2. The van der Waals surface area contributed by atoms with Crippen molar-refractivity contribution in [1.29, 1.82) is 0 Å². The Morgan fingerprint density at radius 1 is 1.27 bits per heavy atom. The van der Waals surface area contributed by atoms with Crippen molar-refractivity contribution in [2.24, 2.45) is 0 Å². The SMILES string of the molecule is CC(=O)N1Cc2ccc(N(C)C)cc2C1. The normalized spacial score (nSPS) is 13.9. The largest absolute Gasteiger partial charge is 0.378 e. The van der Waals surface area contributed by atoms with Gasteiger partial charge in [0.25, 0.3) is 0 Å². The second-order valence-electron chi connectivity index (χ2n) is 4.22. The molecule has 2 rings (SSSR count). The Labute approximate surface area is 90.3 Å². The molecule has 1 aliphatic heterocycles. The van der Waals surface area contributed by atoms with Crippen LogP contribution in [0, 0.1) is 0 Å². The minimum Gasteiger partial charge on any atom is -0.378 e. The zero-order valence-corrected chi connectivity index (χ0v) is 9.45. The molecule has 1 aromatic rings. The Balaban J connectivity index is 2.27. The van der Waals surface area contributed by atoms with E-state index in [4.69, 9.17) is 0 Å². The van der Waals surface area contributed by atoms with Crippen LogP contribution >= 0.6 is 0 Å². The summed E-state index contributed by atoms with van der Waals surface area (Å²) < 4.78 is 0. The maximum Gasteiger partial charge on any atom is 0.220 e. The van der Waals surface area contributed by atoms with E-state index < -0.39 is 0 Å². The van der Waals surface area contributed by atoms with Crippen LogP contribution in [0.5, 0.6) is 0 Å². The van der Waals surface area contributed by atoms with Crippen molar-refractivity contribution < 1.29 is 4.79 Å². The molecule has 80 valence electrons. The highest BCUT2D eigenvalue weighted by molar-refractivity contribution is 5.74. The van der Waals surface area contributed by atoms with E-state index in [1.807, 2.05) is 19.0 Å². The van der Waals surface area contributed by atoms with Crippen LogP contribution in [0.3, 0.4) is 0 Å². The van der Waals surface area contributed by atoms with Crippen molar-refractivity contribution in [2.75, 3.05) is 19.0 Å². The third-order valence-electron chi connectivity index (χ3n) is 2.87. The van der Waals surface area contributed by atoms with Crippen LogP contribution in [-0.4, -0.2) is 24.9 Å². The number of hydrogen-bond acceptors (Lipinski definition) is 2. The van der Waals surface area contributed by atoms with Gasteiger partial charge in [-0.1, -0.05) is 6.07 Å². The summed E-state index contributed by atoms with van der Waals surface area (Å²) in [4.78, 5) is 15.2. The van der Waals surface area contributed by atoms with Gasteiger partial charge < -0.3 is 9.80 Å². The Hall–Kier alpha value is -1.51. The van der Waals surface area contributed by atoms with Crippen LogP contribution < -0.4 is 4.90 Å². The fourth-order valence-electron chi connectivity index (χ4n) is 1.88. The third-order valence-corrected chi connectivity index (χ3v) is 2.87. The third kappa shape index (κ3) is 1.82. The van der Waals surface area contributed by atoms with Gasteiger partial charge in [0.15, 0.2) is 0 Å². The van der Waals surface area contributed by atoms with Crippen molar-refractivity contribution in [2.45, 2.75) is 20.0 Å². The molecule has 0 radical (unpaired) electrons. The zero-order chi connectivity index (χ0) is 11.0. The van der Waals surface area contributed by atoms with Crippen LogP contribution in [0.15, 0.2) is 18.2 Å². The molecule has 0 saturated carbocycles. The van der Waals surface area contributed by atoms with Crippen molar-refractivity contribution >= 4 is 11.6 Å². The molecule has 0 aliphatic carbocycles. The summed E-state index contributed by atoms with van der Waals surface area (Å²) in [6.07, 6.45) is 0. The molecule has 1 heterocycles. The molecular formula is C12H16N2O. The van der Waals surface area contributed by atoms with E-state index in [2.05, 4.69) is 23.1 Å². The van der Waals surface area contributed by atoms with Gasteiger partial charge in [0.05, 0.1) is 0 Å². The van der Waals surface area contributed by atoms with E-state index in [-0.39, 0.29) is 5.91 Å². The predicted octanol–water partition coefficient (Wildman–Crippen LogP) is 1.61. The van der Waals surface area contributed by atoms with Gasteiger partial charge >= 0.3 is 0 Å². The highest BCUT2D eigenvalue weighted by Gasteiger charge is 2.20. The summed E-state index contributed by atoms with van der Waals surface area (Å²) in [5.74, 6) is 0.151. The summed E-state index contributed by atoms with van der Waals surface area (Å²) in [5.41, 5.74) is 3.74. The van der Waals surface area contributed by atoms with Crippen molar-refractivity contribution in [1.82, 2.24) is 4.90 Å². The molecule has 0 atom stereocenters. The molecule has 15 heavy (non-hydrogen) atoms. The fourth-order valence-corrected chi connectivity index (χ4v) is 1.88. The van der Waals surface area contributed by atoms with Crippen molar-refractivity contribution in [3.63, 3.8) is 0 Å². The minimum atomic E-state index is 0.151. The summed E-state index contributed by atoms with van der Waals surface area (Å²) in [6, 6.07) is 6.38. The summed E-state index contributed by atoms with van der Waals surface area (Å²) in [5, 5.41) is 0. The second kappa shape index (κ2) is 3.57. The minimum absolute atomic E-state index is 0.151. The second-order valence-corrected chi connectivity index (χ2v) is 4.22. The van der Waals surface area contributed by atoms with Gasteiger partial charge in [-0.15, -0.1) is 0 Å².